The fraction of sp³-hybridized carbons (Fsp3) is 0.367. The highest BCUT2D eigenvalue weighted by Crippen LogP contribution is 2.34. The molecule has 1 aromatic carbocycles. The number of hydrogen-bond donors (Lipinski definition) is 1. The fourth-order valence-electron chi connectivity index (χ4n) is 4.73. The van der Waals surface area contributed by atoms with Crippen molar-refractivity contribution < 1.29 is 4.79 Å². The van der Waals surface area contributed by atoms with Crippen LogP contribution in [0.3, 0.4) is 0 Å². The van der Waals surface area contributed by atoms with Gasteiger partial charge in [-0.25, -0.2) is 9.97 Å². The van der Waals surface area contributed by atoms with Crippen LogP contribution in [0.1, 0.15) is 60.9 Å². The van der Waals surface area contributed by atoms with E-state index in [1.54, 1.807) is 16.7 Å². The zero-order chi connectivity index (χ0) is 28.4. The van der Waals surface area contributed by atoms with Gasteiger partial charge in [0.15, 0.2) is 11.0 Å². The average molecular weight is 557 g/mol. The van der Waals surface area contributed by atoms with Gasteiger partial charge in [-0.2, -0.15) is 0 Å². The number of nitrogens with zero attached hydrogens (tertiary/aromatic N) is 7. The van der Waals surface area contributed by atoms with Gasteiger partial charge in [0.2, 0.25) is 0 Å². The minimum Gasteiger partial charge on any atom is -0.357 e. The van der Waals surface area contributed by atoms with E-state index >= 15 is 0 Å². The highest BCUT2D eigenvalue weighted by atomic mass is 32.2. The fourth-order valence-corrected chi connectivity index (χ4v) is 5.76. The average Bonchev–Trinajstić information content (AvgIpc) is 3.54. The van der Waals surface area contributed by atoms with E-state index in [-0.39, 0.29) is 18.0 Å². The molecule has 1 aliphatic heterocycles. The number of rotatable bonds is 10. The van der Waals surface area contributed by atoms with Gasteiger partial charge in [0.05, 0.1) is 17.8 Å². The Hall–Kier alpha value is -3.76. The van der Waals surface area contributed by atoms with Crippen molar-refractivity contribution in [2.24, 2.45) is 0 Å². The molecule has 1 N–H and O–H groups in total. The molecule has 208 valence electrons. The van der Waals surface area contributed by atoms with E-state index in [1.165, 1.54) is 5.56 Å². The van der Waals surface area contributed by atoms with Crippen molar-refractivity contribution in [2.45, 2.75) is 63.8 Å². The summed E-state index contributed by atoms with van der Waals surface area (Å²) in [6, 6.07) is 18.4. The Labute approximate surface area is 240 Å². The maximum Gasteiger partial charge on any atom is 0.260 e. The molecule has 0 bridgehead atoms. The minimum absolute atomic E-state index is 0.0674. The van der Waals surface area contributed by atoms with Gasteiger partial charge in [0, 0.05) is 37.0 Å². The second-order valence-corrected chi connectivity index (χ2v) is 11.4. The summed E-state index contributed by atoms with van der Waals surface area (Å²) in [6.45, 7) is 9.46. The molecule has 4 heterocycles. The van der Waals surface area contributed by atoms with Crippen molar-refractivity contribution in [3.8, 4) is 11.5 Å². The van der Waals surface area contributed by atoms with Crippen LogP contribution in [0.2, 0.25) is 0 Å². The molecular weight excluding hydrogens is 520 g/mol. The van der Waals surface area contributed by atoms with Crippen LogP contribution in [0.25, 0.3) is 11.5 Å². The van der Waals surface area contributed by atoms with E-state index in [2.05, 4.69) is 64.8 Å². The minimum atomic E-state index is -0.0674. The van der Waals surface area contributed by atoms with Crippen molar-refractivity contribution in [3.63, 3.8) is 0 Å². The Bertz CT molecular complexity index is 1500. The molecule has 0 saturated carbocycles. The van der Waals surface area contributed by atoms with Crippen LogP contribution >= 0.6 is 11.8 Å². The lowest BCUT2D eigenvalue weighted by Crippen LogP contribution is -2.27. The molecular formula is C30H36N8OS. The zero-order valence-electron chi connectivity index (χ0n) is 23.9. The molecule has 3 aromatic heterocycles. The van der Waals surface area contributed by atoms with Gasteiger partial charge >= 0.3 is 0 Å². The zero-order valence-corrected chi connectivity index (χ0v) is 24.7. The van der Waals surface area contributed by atoms with Crippen molar-refractivity contribution >= 4 is 29.3 Å². The van der Waals surface area contributed by atoms with Crippen molar-refractivity contribution in [3.05, 3.63) is 77.0 Å². The second-order valence-electron chi connectivity index (χ2n) is 10.5. The molecule has 0 fully saturated rings. The van der Waals surface area contributed by atoms with Crippen molar-refractivity contribution in [2.75, 3.05) is 23.9 Å². The number of aromatic nitrogens is 5. The van der Waals surface area contributed by atoms with Gasteiger partial charge in [0.1, 0.15) is 17.3 Å². The Morgan fingerprint density at radius 1 is 1.02 bits per heavy atom. The molecule has 0 unspecified atom stereocenters. The number of amides is 1. The number of carbonyl (C=O) groups excluding carboxylic acids is 1. The monoisotopic (exact) mass is 556 g/mol. The third kappa shape index (κ3) is 5.46. The number of fused-ring (bicyclic) bond motifs is 1. The number of nitrogens with one attached hydrogen (secondary N) is 1. The van der Waals surface area contributed by atoms with Crippen molar-refractivity contribution in [1.82, 2.24) is 30.0 Å². The van der Waals surface area contributed by atoms with Gasteiger partial charge in [-0.15, -0.1) is 10.2 Å². The summed E-state index contributed by atoms with van der Waals surface area (Å²) in [5, 5.41) is 13.1. The molecule has 9 nitrogen and oxygen atoms in total. The molecule has 0 saturated heterocycles. The van der Waals surface area contributed by atoms with Crippen LogP contribution in [-0.4, -0.2) is 50.8 Å². The maximum atomic E-state index is 13.7. The predicted molar refractivity (Wildman–Crippen MR) is 161 cm³/mol. The molecule has 0 radical (unpaired) electrons. The van der Waals surface area contributed by atoms with E-state index in [9.17, 15) is 4.79 Å². The third-order valence-corrected chi connectivity index (χ3v) is 8.11. The summed E-state index contributed by atoms with van der Waals surface area (Å²) in [6.07, 6.45) is 0. The van der Waals surface area contributed by atoms with Crippen LogP contribution in [0, 0.1) is 0 Å². The molecule has 1 amide bonds. The molecule has 40 heavy (non-hydrogen) atoms. The van der Waals surface area contributed by atoms with Gasteiger partial charge in [-0.1, -0.05) is 48.2 Å². The van der Waals surface area contributed by atoms with E-state index in [4.69, 9.17) is 9.97 Å². The van der Waals surface area contributed by atoms with Crippen LogP contribution in [-0.2, 0) is 18.8 Å². The molecule has 0 aliphatic carbocycles. The van der Waals surface area contributed by atoms with Crippen LogP contribution < -0.4 is 15.1 Å². The SMILES string of the molecule is CNCc1nc(N(C)C(C)C)cc2c1CN(c1cccc(-c3nnc(SCc4ccccc4)n3C(C)C)n1)C2=O. The Morgan fingerprint density at radius 2 is 1.80 bits per heavy atom. The lowest BCUT2D eigenvalue weighted by atomic mass is 10.1. The summed E-state index contributed by atoms with van der Waals surface area (Å²) in [4.78, 5) is 27.4. The topological polar surface area (TPSA) is 92.1 Å². The highest BCUT2D eigenvalue weighted by molar-refractivity contribution is 7.98. The van der Waals surface area contributed by atoms with Gasteiger partial charge in [-0.3, -0.25) is 14.3 Å². The molecule has 1 aliphatic rings. The predicted octanol–water partition coefficient (Wildman–Crippen LogP) is 5.33. The smallest absolute Gasteiger partial charge is 0.260 e. The molecule has 4 aromatic rings. The van der Waals surface area contributed by atoms with Gasteiger partial charge < -0.3 is 10.2 Å². The van der Waals surface area contributed by atoms with Crippen molar-refractivity contribution in [1.29, 1.82) is 0 Å². The third-order valence-electron chi connectivity index (χ3n) is 7.10. The normalized spacial score (nSPS) is 13.0. The molecule has 5 rings (SSSR count). The summed E-state index contributed by atoms with van der Waals surface area (Å²) >= 11 is 1.66. The lowest BCUT2D eigenvalue weighted by molar-refractivity contribution is 0.0996. The standard InChI is InChI=1S/C30H36N8OS/c1-19(2)36(6)27-15-22-23(25(33-27)16-31-5)17-37(29(22)39)26-14-10-13-24(32-26)28-34-35-30(38(28)20(3)4)40-18-21-11-8-7-9-12-21/h7-15,19-20,31H,16-18H2,1-6H3. The molecule has 10 heteroatoms. The van der Waals surface area contributed by atoms with Crippen LogP contribution in [0.4, 0.5) is 11.6 Å². The summed E-state index contributed by atoms with van der Waals surface area (Å²) in [5.41, 5.74) is 4.42. The lowest BCUT2D eigenvalue weighted by Gasteiger charge is -2.24. The van der Waals surface area contributed by atoms with Crippen LogP contribution in [0.15, 0.2) is 59.8 Å². The van der Waals surface area contributed by atoms with Gasteiger partial charge in [-0.05, 0) is 58.5 Å². The number of thioether (sulfide) groups is 1. The van der Waals surface area contributed by atoms with Gasteiger partial charge in [0.25, 0.3) is 5.91 Å². The molecule has 0 atom stereocenters. The number of hydrogen-bond acceptors (Lipinski definition) is 8. The summed E-state index contributed by atoms with van der Waals surface area (Å²) in [7, 11) is 3.89. The molecule has 0 spiro atoms. The largest absolute Gasteiger partial charge is 0.357 e. The van der Waals surface area contributed by atoms with E-state index in [0.29, 0.717) is 36.0 Å². The van der Waals surface area contributed by atoms with Crippen LogP contribution in [0.5, 0.6) is 0 Å². The second kappa shape index (κ2) is 11.8. The van der Waals surface area contributed by atoms with E-state index in [1.807, 2.05) is 56.6 Å². The number of benzene rings is 1. The first kappa shape index (κ1) is 27.8. The highest BCUT2D eigenvalue weighted by Gasteiger charge is 2.33. The summed E-state index contributed by atoms with van der Waals surface area (Å²) in [5.74, 6) is 2.81. The first-order valence-electron chi connectivity index (χ1n) is 13.6. The van der Waals surface area contributed by atoms with E-state index in [0.717, 1.165) is 28.0 Å². The Morgan fingerprint density at radius 3 is 2.50 bits per heavy atom. The Balaban J connectivity index is 1.46. The Kier molecular flexibility index (Phi) is 8.18. The van der Waals surface area contributed by atoms with E-state index < -0.39 is 0 Å². The first-order valence-corrected chi connectivity index (χ1v) is 14.6. The number of pyridine rings is 2. The first-order chi connectivity index (χ1) is 19.3. The quantitative estimate of drug-likeness (QED) is 0.262. The number of carbonyl (C=O) groups is 1. The maximum absolute atomic E-state index is 13.7. The number of anilines is 2. The summed E-state index contributed by atoms with van der Waals surface area (Å²) < 4.78 is 2.11.